The second-order valence-electron chi connectivity index (χ2n) is 7.82. The van der Waals surface area contributed by atoms with Gasteiger partial charge >= 0.3 is 12.1 Å². The molecule has 0 spiro atoms. The molecule has 0 aliphatic carbocycles. The van der Waals surface area contributed by atoms with Gasteiger partial charge in [-0.1, -0.05) is 66.9 Å². The smallest absolute Gasteiger partial charge is 0.410 e. The third-order valence-corrected chi connectivity index (χ3v) is 5.54. The molecule has 1 fully saturated rings. The first-order valence-electron chi connectivity index (χ1n) is 10.8. The summed E-state index contributed by atoms with van der Waals surface area (Å²) >= 11 is 0. The minimum absolute atomic E-state index is 0.171. The summed E-state index contributed by atoms with van der Waals surface area (Å²) in [6.07, 6.45) is -0.468. The fourth-order valence-electron chi connectivity index (χ4n) is 3.77. The molecular formula is C26H25BNO5. The van der Waals surface area contributed by atoms with Crippen molar-refractivity contribution in [3.05, 3.63) is 89.5 Å². The molecule has 1 aliphatic rings. The first-order valence-corrected chi connectivity index (χ1v) is 10.8. The molecule has 1 atom stereocenters. The van der Waals surface area contributed by atoms with Gasteiger partial charge in [0.15, 0.2) is 0 Å². The van der Waals surface area contributed by atoms with Crippen LogP contribution in [0.5, 0.6) is 11.5 Å². The number of hydrogen-bond donors (Lipinski definition) is 0. The molecule has 6 nitrogen and oxygen atoms in total. The molecule has 7 heteroatoms. The quantitative estimate of drug-likeness (QED) is 0.385. The molecule has 1 heterocycles. The number of ether oxygens (including phenoxy) is 3. The van der Waals surface area contributed by atoms with Crippen molar-refractivity contribution < 1.29 is 23.8 Å². The number of carbonyl (C=O) groups excluding carboxylic acids is 2. The Morgan fingerprint density at radius 3 is 2.67 bits per heavy atom. The molecular weight excluding hydrogens is 417 g/mol. The van der Waals surface area contributed by atoms with Crippen LogP contribution in [-0.2, 0) is 27.2 Å². The molecule has 1 amide bonds. The zero-order chi connectivity index (χ0) is 23.2. The fourth-order valence-corrected chi connectivity index (χ4v) is 3.77. The molecule has 167 valence electrons. The van der Waals surface area contributed by atoms with E-state index >= 15 is 0 Å². The highest BCUT2D eigenvalue weighted by molar-refractivity contribution is 6.51. The minimum atomic E-state index is -0.347. The first-order chi connectivity index (χ1) is 16.1. The van der Waals surface area contributed by atoms with Gasteiger partial charge in [0.05, 0.1) is 26.6 Å². The van der Waals surface area contributed by atoms with Crippen LogP contribution in [0.2, 0.25) is 6.82 Å². The van der Waals surface area contributed by atoms with E-state index in [1.165, 1.54) is 7.11 Å². The van der Waals surface area contributed by atoms with Gasteiger partial charge in [-0.3, -0.25) is 9.69 Å². The highest BCUT2D eigenvalue weighted by Crippen LogP contribution is 2.31. The second kappa shape index (κ2) is 10.3. The maximum Gasteiger partial charge on any atom is 0.410 e. The number of amides is 1. The number of esters is 1. The van der Waals surface area contributed by atoms with Crippen LogP contribution >= 0.6 is 0 Å². The Kier molecular flexibility index (Phi) is 6.98. The standard InChI is InChI=1S/C26H25BNO5/c1-27-21-11-12-23(32-22-10-6-7-18(13-22)14-25(29)31-2)20(15-21)16-28-17-24(33-26(28)30)19-8-4-3-5-9-19/h3-13,15,24H,14,16-17H2,1-2H3/t24-/m1/s1. The van der Waals surface area contributed by atoms with Crippen molar-refractivity contribution in [3.8, 4) is 11.5 Å². The molecule has 33 heavy (non-hydrogen) atoms. The average Bonchev–Trinajstić information content (AvgIpc) is 3.21. The van der Waals surface area contributed by atoms with E-state index in [9.17, 15) is 9.59 Å². The van der Waals surface area contributed by atoms with Crippen molar-refractivity contribution in [2.45, 2.75) is 25.9 Å². The Labute approximate surface area is 194 Å². The topological polar surface area (TPSA) is 65.1 Å². The number of cyclic esters (lactones) is 1. The lowest BCUT2D eigenvalue weighted by Gasteiger charge is -2.18. The van der Waals surface area contributed by atoms with Crippen LogP contribution in [0.25, 0.3) is 0 Å². The number of carbonyl (C=O) groups is 2. The zero-order valence-corrected chi connectivity index (χ0v) is 18.7. The van der Waals surface area contributed by atoms with Crippen molar-refractivity contribution in [1.82, 2.24) is 4.90 Å². The molecule has 1 aliphatic heterocycles. The first kappa shape index (κ1) is 22.5. The molecule has 3 aromatic rings. The van der Waals surface area contributed by atoms with Crippen LogP contribution in [-0.4, -0.2) is 37.9 Å². The Morgan fingerprint density at radius 2 is 1.91 bits per heavy atom. The molecule has 3 aromatic carbocycles. The van der Waals surface area contributed by atoms with Crippen LogP contribution in [0.15, 0.2) is 72.8 Å². The third-order valence-electron chi connectivity index (χ3n) is 5.54. The Hall–Kier alpha value is -3.74. The molecule has 0 N–H and O–H groups in total. The van der Waals surface area contributed by atoms with E-state index in [0.717, 1.165) is 22.2 Å². The summed E-state index contributed by atoms with van der Waals surface area (Å²) in [5.41, 5.74) is 3.68. The van der Waals surface area contributed by atoms with Gasteiger partial charge in [-0.2, -0.15) is 0 Å². The maximum atomic E-state index is 12.6. The van der Waals surface area contributed by atoms with Gasteiger partial charge in [-0.15, -0.1) is 0 Å². The van der Waals surface area contributed by atoms with Gasteiger partial charge < -0.3 is 14.2 Å². The summed E-state index contributed by atoms with van der Waals surface area (Å²) in [5.74, 6) is 0.944. The van der Waals surface area contributed by atoms with Gasteiger partial charge in [0, 0.05) is 5.56 Å². The highest BCUT2D eigenvalue weighted by Gasteiger charge is 2.32. The predicted molar refractivity (Wildman–Crippen MR) is 126 cm³/mol. The number of hydrogen-bond acceptors (Lipinski definition) is 5. The lowest BCUT2D eigenvalue weighted by atomic mass is 9.73. The molecule has 4 rings (SSSR count). The van der Waals surface area contributed by atoms with E-state index in [4.69, 9.17) is 14.2 Å². The largest absolute Gasteiger partial charge is 0.469 e. The SMILES string of the molecule is C[B]c1ccc(Oc2cccc(CC(=O)OC)c2)c(CN2C[C@H](c3ccccc3)OC2=O)c1. The summed E-state index contributed by atoms with van der Waals surface area (Å²) in [4.78, 5) is 25.9. The fraction of sp³-hybridized carbons (Fsp3) is 0.231. The van der Waals surface area contributed by atoms with Crippen LogP contribution < -0.4 is 10.2 Å². The van der Waals surface area contributed by atoms with Crippen LogP contribution in [0.4, 0.5) is 4.79 Å². The molecule has 1 saturated heterocycles. The van der Waals surface area contributed by atoms with E-state index in [-0.39, 0.29) is 24.6 Å². The van der Waals surface area contributed by atoms with E-state index in [1.54, 1.807) is 4.90 Å². The Balaban J connectivity index is 1.54. The van der Waals surface area contributed by atoms with E-state index in [2.05, 4.69) is 0 Å². The van der Waals surface area contributed by atoms with Gasteiger partial charge in [-0.25, -0.2) is 4.79 Å². The van der Waals surface area contributed by atoms with Crippen LogP contribution in [0.3, 0.4) is 0 Å². The van der Waals surface area contributed by atoms with Gasteiger partial charge in [0.1, 0.15) is 24.9 Å². The van der Waals surface area contributed by atoms with Crippen LogP contribution in [0, 0.1) is 0 Å². The van der Waals surface area contributed by atoms with Crippen molar-refractivity contribution in [3.63, 3.8) is 0 Å². The normalized spacial score (nSPS) is 15.2. The summed E-state index contributed by atoms with van der Waals surface area (Å²) in [6.45, 7) is 2.80. The molecule has 0 saturated carbocycles. The van der Waals surface area contributed by atoms with E-state index in [0.29, 0.717) is 24.6 Å². The Bertz CT molecular complexity index is 1130. The average molecular weight is 442 g/mol. The number of benzene rings is 3. The van der Waals surface area contributed by atoms with Crippen molar-refractivity contribution in [2.24, 2.45) is 0 Å². The molecule has 0 bridgehead atoms. The zero-order valence-electron chi connectivity index (χ0n) is 18.7. The molecule has 0 aromatic heterocycles. The lowest BCUT2D eigenvalue weighted by molar-refractivity contribution is -0.139. The molecule has 0 unspecified atom stereocenters. The summed E-state index contributed by atoms with van der Waals surface area (Å²) < 4.78 is 16.5. The lowest BCUT2D eigenvalue weighted by Crippen LogP contribution is -2.25. The summed E-state index contributed by atoms with van der Waals surface area (Å²) in [5, 5.41) is 0. The summed E-state index contributed by atoms with van der Waals surface area (Å²) in [7, 11) is 3.37. The monoisotopic (exact) mass is 442 g/mol. The highest BCUT2D eigenvalue weighted by atomic mass is 16.6. The van der Waals surface area contributed by atoms with E-state index < -0.39 is 0 Å². The minimum Gasteiger partial charge on any atom is -0.469 e. The maximum absolute atomic E-state index is 12.6. The van der Waals surface area contributed by atoms with Crippen molar-refractivity contribution in [1.29, 1.82) is 0 Å². The van der Waals surface area contributed by atoms with Gasteiger partial charge in [-0.05, 0) is 29.3 Å². The van der Waals surface area contributed by atoms with Crippen LogP contribution in [0.1, 0.15) is 22.8 Å². The van der Waals surface area contributed by atoms with Crippen molar-refractivity contribution >= 4 is 24.8 Å². The third kappa shape index (κ3) is 5.55. The van der Waals surface area contributed by atoms with Gasteiger partial charge in [0.25, 0.3) is 0 Å². The van der Waals surface area contributed by atoms with Gasteiger partial charge in [0.2, 0.25) is 0 Å². The predicted octanol–water partition coefficient (Wildman–Crippen LogP) is 4.27. The molecule has 1 radical (unpaired) electrons. The number of rotatable bonds is 8. The number of nitrogens with zero attached hydrogens (tertiary/aromatic N) is 1. The van der Waals surface area contributed by atoms with Crippen molar-refractivity contribution in [2.75, 3.05) is 13.7 Å². The second-order valence-corrected chi connectivity index (χ2v) is 7.82. The van der Waals surface area contributed by atoms with E-state index in [1.807, 2.05) is 86.9 Å². The summed E-state index contributed by atoms with van der Waals surface area (Å²) in [6, 6.07) is 22.9. The number of methoxy groups -OCH3 is 1. The Morgan fingerprint density at radius 1 is 1.09 bits per heavy atom.